The van der Waals surface area contributed by atoms with E-state index >= 15 is 0 Å². The molecule has 2 heterocycles. The quantitative estimate of drug-likeness (QED) is 0.542. The molecule has 6 nitrogen and oxygen atoms in total. The summed E-state index contributed by atoms with van der Waals surface area (Å²) in [5, 5.41) is 14.7. The summed E-state index contributed by atoms with van der Waals surface area (Å²) >= 11 is 0. The summed E-state index contributed by atoms with van der Waals surface area (Å²) in [6, 6.07) is 12.5. The van der Waals surface area contributed by atoms with Gasteiger partial charge in [0.05, 0.1) is 23.3 Å². The van der Waals surface area contributed by atoms with Gasteiger partial charge in [0.1, 0.15) is 17.3 Å². The first kappa shape index (κ1) is 15.7. The van der Waals surface area contributed by atoms with Crippen LogP contribution in [0.2, 0.25) is 0 Å². The predicted molar refractivity (Wildman–Crippen MR) is 92.0 cm³/mol. The molecule has 1 aliphatic rings. The highest BCUT2D eigenvalue weighted by Crippen LogP contribution is 2.32. The standard InChI is InChI=1S/C19H18N2O4/c22-21(23)17-6-2-1-4-15(17)19-9-8-13(25-19)12-20-16-5-3-7-18-14(16)10-11-24-18/h1-2,4,6,8-11,16,20H,3,5,7,12H2. The molecule has 1 aliphatic carbocycles. The first-order chi connectivity index (χ1) is 12.2. The topological polar surface area (TPSA) is 81.5 Å². The van der Waals surface area contributed by atoms with E-state index in [0.717, 1.165) is 30.8 Å². The van der Waals surface area contributed by atoms with E-state index in [9.17, 15) is 10.1 Å². The van der Waals surface area contributed by atoms with Gasteiger partial charge in [-0.3, -0.25) is 10.1 Å². The lowest BCUT2D eigenvalue weighted by molar-refractivity contribution is -0.384. The van der Waals surface area contributed by atoms with Crippen LogP contribution in [0, 0.1) is 10.1 Å². The molecule has 3 aromatic rings. The fraction of sp³-hybridized carbons (Fsp3) is 0.263. The zero-order chi connectivity index (χ0) is 17.2. The summed E-state index contributed by atoms with van der Waals surface area (Å²) in [6.07, 6.45) is 4.88. The molecule has 0 aliphatic heterocycles. The Hall–Kier alpha value is -2.86. The summed E-state index contributed by atoms with van der Waals surface area (Å²) in [5.41, 5.74) is 1.76. The Morgan fingerprint density at radius 2 is 2.08 bits per heavy atom. The van der Waals surface area contributed by atoms with Crippen LogP contribution in [0.5, 0.6) is 0 Å². The minimum atomic E-state index is -0.391. The molecule has 1 atom stereocenters. The molecular weight excluding hydrogens is 320 g/mol. The Morgan fingerprint density at radius 3 is 2.96 bits per heavy atom. The van der Waals surface area contributed by atoms with E-state index < -0.39 is 4.92 Å². The van der Waals surface area contributed by atoms with Crippen molar-refractivity contribution >= 4 is 5.69 Å². The van der Waals surface area contributed by atoms with E-state index in [0.29, 0.717) is 17.9 Å². The summed E-state index contributed by atoms with van der Waals surface area (Å²) in [7, 11) is 0. The predicted octanol–water partition coefficient (Wildman–Crippen LogP) is 4.62. The summed E-state index contributed by atoms with van der Waals surface area (Å²) in [5.74, 6) is 2.32. The molecule has 0 fully saturated rings. The van der Waals surface area contributed by atoms with E-state index in [2.05, 4.69) is 5.32 Å². The molecule has 0 radical (unpaired) electrons. The van der Waals surface area contributed by atoms with Gasteiger partial charge in [-0.2, -0.15) is 0 Å². The van der Waals surface area contributed by atoms with Crippen LogP contribution in [-0.4, -0.2) is 4.92 Å². The number of rotatable bonds is 5. The Balaban J connectivity index is 1.49. The summed E-state index contributed by atoms with van der Waals surface area (Å²) in [4.78, 5) is 10.8. The fourth-order valence-corrected chi connectivity index (χ4v) is 3.38. The molecule has 6 heteroatoms. The highest BCUT2D eigenvalue weighted by molar-refractivity contribution is 5.69. The average molecular weight is 338 g/mol. The zero-order valence-corrected chi connectivity index (χ0v) is 13.6. The van der Waals surface area contributed by atoms with Gasteiger partial charge in [-0.15, -0.1) is 0 Å². The average Bonchev–Trinajstić information content (AvgIpc) is 3.29. The van der Waals surface area contributed by atoms with Crippen LogP contribution in [0.25, 0.3) is 11.3 Å². The van der Waals surface area contributed by atoms with Crippen LogP contribution < -0.4 is 5.32 Å². The van der Waals surface area contributed by atoms with Crippen molar-refractivity contribution in [3.05, 3.63) is 75.9 Å². The lowest BCUT2D eigenvalue weighted by Crippen LogP contribution is -2.23. The second-order valence-electron chi connectivity index (χ2n) is 6.17. The third-order valence-corrected chi connectivity index (χ3v) is 4.60. The van der Waals surface area contributed by atoms with E-state index in [-0.39, 0.29) is 11.7 Å². The van der Waals surface area contributed by atoms with E-state index in [1.807, 2.05) is 12.1 Å². The molecule has 0 saturated carbocycles. The fourth-order valence-electron chi connectivity index (χ4n) is 3.38. The molecular formula is C19H18N2O4. The highest BCUT2D eigenvalue weighted by atomic mass is 16.6. The molecule has 1 unspecified atom stereocenters. The maximum atomic E-state index is 11.2. The van der Waals surface area contributed by atoms with Gasteiger partial charge in [0.25, 0.3) is 5.69 Å². The molecule has 0 spiro atoms. The third kappa shape index (κ3) is 3.08. The normalized spacial score (nSPS) is 16.6. The number of nitrogens with one attached hydrogen (secondary N) is 1. The van der Waals surface area contributed by atoms with Gasteiger partial charge in [0, 0.05) is 24.1 Å². The molecule has 2 aromatic heterocycles. The Morgan fingerprint density at radius 1 is 1.20 bits per heavy atom. The molecule has 128 valence electrons. The number of furan rings is 2. The van der Waals surface area contributed by atoms with Crippen LogP contribution >= 0.6 is 0 Å². The zero-order valence-electron chi connectivity index (χ0n) is 13.6. The molecule has 4 rings (SSSR count). The number of nitrogens with zero attached hydrogens (tertiary/aromatic N) is 1. The number of aryl methyl sites for hydroxylation is 1. The van der Waals surface area contributed by atoms with Gasteiger partial charge in [-0.25, -0.2) is 0 Å². The largest absolute Gasteiger partial charge is 0.469 e. The number of nitro groups is 1. The van der Waals surface area contributed by atoms with Crippen LogP contribution in [0.1, 0.15) is 36.0 Å². The lowest BCUT2D eigenvalue weighted by Gasteiger charge is -2.22. The Labute approximate surface area is 144 Å². The minimum Gasteiger partial charge on any atom is -0.469 e. The molecule has 0 bridgehead atoms. The number of hydrogen-bond acceptors (Lipinski definition) is 5. The number of benzene rings is 1. The first-order valence-corrected chi connectivity index (χ1v) is 8.34. The molecule has 0 amide bonds. The van der Waals surface area contributed by atoms with E-state index in [4.69, 9.17) is 8.83 Å². The molecule has 1 N–H and O–H groups in total. The highest BCUT2D eigenvalue weighted by Gasteiger charge is 2.23. The van der Waals surface area contributed by atoms with Crippen molar-refractivity contribution in [2.45, 2.75) is 31.8 Å². The summed E-state index contributed by atoms with van der Waals surface area (Å²) < 4.78 is 11.3. The van der Waals surface area contributed by atoms with Crippen molar-refractivity contribution in [2.24, 2.45) is 0 Å². The number of fused-ring (bicyclic) bond motifs is 1. The monoisotopic (exact) mass is 338 g/mol. The maximum Gasteiger partial charge on any atom is 0.280 e. The minimum absolute atomic E-state index is 0.0479. The molecule has 25 heavy (non-hydrogen) atoms. The van der Waals surface area contributed by atoms with Crippen LogP contribution in [0.3, 0.4) is 0 Å². The molecule has 1 aromatic carbocycles. The second kappa shape index (κ2) is 6.57. The molecule has 0 saturated heterocycles. The maximum absolute atomic E-state index is 11.2. The van der Waals surface area contributed by atoms with Gasteiger partial charge in [-0.1, -0.05) is 12.1 Å². The second-order valence-corrected chi connectivity index (χ2v) is 6.17. The Kier molecular flexibility index (Phi) is 4.11. The van der Waals surface area contributed by atoms with Gasteiger partial charge < -0.3 is 14.2 Å². The van der Waals surface area contributed by atoms with Crippen molar-refractivity contribution in [3.8, 4) is 11.3 Å². The van der Waals surface area contributed by atoms with Crippen molar-refractivity contribution in [1.29, 1.82) is 0 Å². The number of para-hydroxylation sites is 1. The SMILES string of the molecule is O=[N+]([O-])c1ccccc1-c1ccc(CNC2CCCc3occc32)o1. The smallest absolute Gasteiger partial charge is 0.280 e. The van der Waals surface area contributed by atoms with Crippen LogP contribution in [-0.2, 0) is 13.0 Å². The lowest BCUT2D eigenvalue weighted by atomic mass is 9.93. The van der Waals surface area contributed by atoms with E-state index in [1.165, 1.54) is 11.6 Å². The van der Waals surface area contributed by atoms with Gasteiger partial charge >= 0.3 is 0 Å². The van der Waals surface area contributed by atoms with Gasteiger partial charge in [0.15, 0.2) is 0 Å². The number of hydrogen-bond donors (Lipinski definition) is 1. The summed E-state index contributed by atoms with van der Waals surface area (Å²) in [6.45, 7) is 0.565. The van der Waals surface area contributed by atoms with Gasteiger partial charge in [-0.05, 0) is 37.1 Å². The Bertz CT molecular complexity index is 896. The number of nitro benzene ring substituents is 1. The first-order valence-electron chi connectivity index (χ1n) is 8.34. The van der Waals surface area contributed by atoms with Crippen LogP contribution in [0.15, 0.2) is 57.6 Å². The van der Waals surface area contributed by atoms with Crippen molar-refractivity contribution in [1.82, 2.24) is 5.32 Å². The third-order valence-electron chi connectivity index (χ3n) is 4.60. The van der Waals surface area contributed by atoms with Crippen molar-refractivity contribution in [2.75, 3.05) is 0 Å². The van der Waals surface area contributed by atoms with Gasteiger partial charge in [0.2, 0.25) is 0 Å². The van der Waals surface area contributed by atoms with Crippen molar-refractivity contribution < 1.29 is 13.8 Å². The van der Waals surface area contributed by atoms with Crippen molar-refractivity contribution in [3.63, 3.8) is 0 Å². The van der Waals surface area contributed by atoms with Crippen LogP contribution in [0.4, 0.5) is 5.69 Å². The van der Waals surface area contributed by atoms with E-state index in [1.54, 1.807) is 30.5 Å².